The van der Waals surface area contributed by atoms with Crippen LogP contribution in [-0.2, 0) is 16.0 Å². The number of nitrogens with one attached hydrogen (secondary N) is 1. The number of aryl methyl sites for hydroxylation is 1. The van der Waals surface area contributed by atoms with Gasteiger partial charge in [0.05, 0.1) is 24.3 Å². The predicted octanol–water partition coefficient (Wildman–Crippen LogP) is 3.87. The maximum atomic E-state index is 13.0. The minimum atomic E-state index is -0.130. The Morgan fingerprint density at radius 3 is 2.92 bits per heavy atom. The highest BCUT2D eigenvalue weighted by atomic mass is 32.1. The van der Waals surface area contributed by atoms with Crippen molar-refractivity contribution in [2.24, 2.45) is 5.92 Å². The van der Waals surface area contributed by atoms with E-state index in [1.165, 1.54) is 10.4 Å². The molecule has 2 atom stereocenters. The molecule has 2 aromatic rings. The van der Waals surface area contributed by atoms with Crippen LogP contribution < -0.4 is 5.32 Å². The summed E-state index contributed by atoms with van der Waals surface area (Å²) in [6.45, 7) is 6.34. The molecule has 0 spiro atoms. The lowest BCUT2D eigenvalue weighted by Gasteiger charge is -2.36. The van der Waals surface area contributed by atoms with Crippen LogP contribution in [0.2, 0.25) is 0 Å². The molecule has 4 rings (SSSR count). The number of amides is 1. The minimum absolute atomic E-state index is 0.0911. The summed E-state index contributed by atoms with van der Waals surface area (Å²) in [6.07, 6.45) is 2.81. The molecular formula is C19H25N3O2S2. The number of fused-ring (bicyclic) bond motifs is 1. The number of carbonyl (C=O) groups excluding carboxylic acids is 1. The van der Waals surface area contributed by atoms with Gasteiger partial charge in [-0.3, -0.25) is 4.79 Å². The Balaban J connectivity index is 1.34. The molecule has 26 heavy (non-hydrogen) atoms. The number of likely N-dealkylation sites (tertiary alicyclic amines) is 1. The normalized spacial score (nSPS) is 22.1. The summed E-state index contributed by atoms with van der Waals surface area (Å²) >= 11 is 3.43. The third kappa shape index (κ3) is 3.66. The molecule has 4 heterocycles. The third-order valence-corrected chi connectivity index (χ3v) is 7.20. The fourth-order valence-corrected chi connectivity index (χ4v) is 5.51. The average Bonchev–Trinajstić information content (AvgIpc) is 3.29. The summed E-state index contributed by atoms with van der Waals surface area (Å²) in [4.78, 5) is 20.9. The molecule has 2 aromatic heterocycles. The number of ether oxygens (including phenoxy) is 1. The van der Waals surface area contributed by atoms with Crippen LogP contribution in [0.5, 0.6) is 0 Å². The number of piperidine rings is 1. The lowest BCUT2D eigenvalue weighted by Crippen LogP contribution is -2.45. The second-order valence-corrected chi connectivity index (χ2v) is 9.03. The van der Waals surface area contributed by atoms with Gasteiger partial charge in [0.2, 0.25) is 5.91 Å². The number of aromatic nitrogens is 1. The highest BCUT2D eigenvalue weighted by Gasteiger charge is 2.34. The molecule has 1 fully saturated rings. The molecule has 1 N–H and O–H groups in total. The summed E-state index contributed by atoms with van der Waals surface area (Å²) in [6, 6.07) is 2.52. The summed E-state index contributed by atoms with van der Waals surface area (Å²) in [7, 11) is 0. The second kappa shape index (κ2) is 7.66. The van der Waals surface area contributed by atoms with E-state index in [2.05, 4.69) is 27.1 Å². The Kier molecular flexibility index (Phi) is 5.29. The standard InChI is InChI=1S/C19H25N3O2S2/c1-12-11-26-19(20-12)21-14-3-7-22(8-4-14)18(23)13(2)17-15-6-10-25-16(15)5-9-24-17/h6,10-11,13-14,17H,3-5,7-9H2,1-2H3,(H,20,21)/t13-,17+/m0/s1. The molecule has 5 nitrogen and oxygen atoms in total. The molecule has 0 aromatic carbocycles. The molecule has 7 heteroatoms. The molecule has 140 valence electrons. The van der Waals surface area contributed by atoms with Crippen LogP contribution in [0.25, 0.3) is 0 Å². The maximum Gasteiger partial charge on any atom is 0.228 e. The highest BCUT2D eigenvalue weighted by molar-refractivity contribution is 7.13. The molecule has 0 radical (unpaired) electrons. The van der Waals surface area contributed by atoms with E-state index in [1.54, 1.807) is 22.7 Å². The molecule has 1 amide bonds. The van der Waals surface area contributed by atoms with Crippen LogP contribution in [0.15, 0.2) is 16.8 Å². The lowest BCUT2D eigenvalue weighted by molar-refractivity contribution is -0.142. The van der Waals surface area contributed by atoms with Crippen LogP contribution >= 0.6 is 22.7 Å². The molecule has 0 bridgehead atoms. The maximum absolute atomic E-state index is 13.0. The van der Waals surface area contributed by atoms with Crippen LogP contribution in [0, 0.1) is 12.8 Å². The van der Waals surface area contributed by atoms with E-state index < -0.39 is 0 Å². The molecule has 2 aliphatic heterocycles. The average molecular weight is 392 g/mol. The lowest BCUT2D eigenvalue weighted by atomic mass is 9.93. The van der Waals surface area contributed by atoms with Crippen molar-refractivity contribution >= 4 is 33.7 Å². The Labute approximate surface area is 162 Å². The van der Waals surface area contributed by atoms with Crippen molar-refractivity contribution < 1.29 is 9.53 Å². The zero-order valence-electron chi connectivity index (χ0n) is 15.2. The van der Waals surface area contributed by atoms with Crippen molar-refractivity contribution in [3.05, 3.63) is 33.0 Å². The van der Waals surface area contributed by atoms with Gasteiger partial charge in [0.1, 0.15) is 0 Å². The quantitative estimate of drug-likeness (QED) is 0.860. The zero-order valence-corrected chi connectivity index (χ0v) is 16.9. The van der Waals surface area contributed by atoms with Gasteiger partial charge < -0.3 is 15.0 Å². The van der Waals surface area contributed by atoms with Crippen molar-refractivity contribution in [2.75, 3.05) is 25.0 Å². The number of rotatable bonds is 4. The first-order valence-electron chi connectivity index (χ1n) is 9.27. The van der Waals surface area contributed by atoms with Gasteiger partial charge in [-0.2, -0.15) is 0 Å². The topological polar surface area (TPSA) is 54.5 Å². The molecule has 2 aliphatic rings. The third-order valence-electron chi connectivity index (χ3n) is 5.31. The summed E-state index contributed by atoms with van der Waals surface area (Å²) in [5, 5.41) is 8.67. The first-order valence-corrected chi connectivity index (χ1v) is 11.0. The van der Waals surface area contributed by atoms with E-state index in [9.17, 15) is 4.79 Å². The molecule has 0 aliphatic carbocycles. The van der Waals surface area contributed by atoms with Gasteiger partial charge in [-0.1, -0.05) is 6.92 Å². The van der Waals surface area contributed by atoms with E-state index in [0.717, 1.165) is 49.8 Å². The van der Waals surface area contributed by atoms with E-state index >= 15 is 0 Å². The SMILES string of the molecule is Cc1csc(NC2CCN(C(=O)[C@@H](C)[C@H]3OCCc4sccc43)CC2)n1. The van der Waals surface area contributed by atoms with Crippen molar-refractivity contribution in [1.82, 2.24) is 9.88 Å². The van der Waals surface area contributed by atoms with Crippen molar-refractivity contribution in [3.63, 3.8) is 0 Å². The van der Waals surface area contributed by atoms with Gasteiger partial charge in [-0.15, -0.1) is 22.7 Å². The van der Waals surface area contributed by atoms with Gasteiger partial charge in [0, 0.05) is 35.8 Å². The Morgan fingerprint density at radius 1 is 1.38 bits per heavy atom. The number of nitrogens with zero attached hydrogens (tertiary/aromatic N) is 2. The van der Waals surface area contributed by atoms with E-state index in [1.807, 2.05) is 18.7 Å². The predicted molar refractivity (Wildman–Crippen MR) is 106 cm³/mol. The summed E-state index contributed by atoms with van der Waals surface area (Å²) in [5.41, 5.74) is 2.28. The number of hydrogen-bond donors (Lipinski definition) is 1. The van der Waals surface area contributed by atoms with Crippen LogP contribution in [0.1, 0.15) is 42.0 Å². The van der Waals surface area contributed by atoms with Crippen LogP contribution in [-0.4, -0.2) is 41.5 Å². The van der Waals surface area contributed by atoms with Crippen molar-refractivity contribution in [1.29, 1.82) is 0 Å². The monoisotopic (exact) mass is 391 g/mol. The van der Waals surface area contributed by atoms with Gasteiger partial charge in [0.15, 0.2) is 5.13 Å². The smallest absolute Gasteiger partial charge is 0.228 e. The van der Waals surface area contributed by atoms with Crippen molar-refractivity contribution in [2.45, 2.75) is 45.3 Å². The van der Waals surface area contributed by atoms with Gasteiger partial charge in [-0.25, -0.2) is 4.98 Å². The van der Waals surface area contributed by atoms with E-state index in [0.29, 0.717) is 6.04 Å². The Hall–Kier alpha value is -1.44. The van der Waals surface area contributed by atoms with Gasteiger partial charge in [-0.05, 0) is 36.8 Å². The largest absolute Gasteiger partial charge is 0.372 e. The minimum Gasteiger partial charge on any atom is -0.372 e. The number of thiazole rings is 1. The number of anilines is 1. The number of hydrogen-bond acceptors (Lipinski definition) is 6. The molecule has 1 saturated heterocycles. The fourth-order valence-electron chi connectivity index (χ4n) is 3.85. The molecule has 0 unspecified atom stereocenters. The molecule has 0 saturated carbocycles. The zero-order chi connectivity index (χ0) is 18.1. The second-order valence-electron chi connectivity index (χ2n) is 7.17. The summed E-state index contributed by atoms with van der Waals surface area (Å²) < 4.78 is 5.98. The Bertz CT molecular complexity index is 764. The van der Waals surface area contributed by atoms with E-state index in [-0.39, 0.29) is 17.9 Å². The first-order chi connectivity index (χ1) is 12.6. The highest BCUT2D eigenvalue weighted by Crippen LogP contribution is 2.36. The molecular weight excluding hydrogens is 366 g/mol. The number of carbonyl (C=O) groups is 1. The van der Waals surface area contributed by atoms with E-state index in [4.69, 9.17) is 4.74 Å². The Morgan fingerprint density at radius 2 is 2.19 bits per heavy atom. The first kappa shape index (κ1) is 17.9. The fraction of sp³-hybridized carbons (Fsp3) is 0.579. The number of thiophene rings is 1. The van der Waals surface area contributed by atoms with Gasteiger partial charge >= 0.3 is 0 Å². The van der Waals surface area contributed by atoms with Crippen LogP contribution in [0.3, 0.4) is 0 Å². The van der Waals surface area contributed by atoms with Gasteiger partial charge in [0.25, 0.3) is 0 Å². The van der Waals surface area contributed by atoms with Crippen molar-refractivity contribution in [3.8, 4) is 0 Å². The van der Waals surface area contributed by atoms with Crippen LogP contribution in [0.4, 0.5) is 5.13 Å². The summed E-state index contributed by atoms with van der Waals surface area (Å²) in [5.74, 6) is 0.0902.